The van der Waals surface area contributed by atoms with Gasteiger partial charge in [0.15, 0.2) is 9.84 Å². The second-order valence-corrected chi connectivity index (χ2v) is 9.66. The monoisotopic (exact) mass is 347 g/mol. The van der Waals surface area contributed by atoms with Gasteiger partial charge in [-0.05, 0) is 32.3 Å². The molecular formula is C18H25N3O2S. The molecule has 1 saturated heterocycles. The van der Waals surface area contributed by atoms with Crippen LogP contribution in [0.25, 0.3) is 10.9 Å². The Morgan fingerprint density at radius 2 is 1.96 bits per heavy atom. The van der Waals surface area contributed by atoms with Gasteiger partial charge in [0.2, 0.25) is 0 Å². The molecule has 1 aromatic carbocycles. The van der Waals surface area contributed by atoms with Crippen molar-refractivity contribution in [3.05, 3.63) is 30.0 Å². The quantitative estimate of drug-likeness (QED) is 0.856. The van der Waals surface area contributed by atoms with Crippen LogP contribution in [0, 0.1) is 0 Å². The molecule has 0 bridgehead atoms. The molecule has 6 heteroatoms. The van der Waals surface area contributed by atoms with Crippen LogP contribution in [0.15, 0.2) is 24.3 Å². The van der Waals surface area contributed by atoms with Crippen LogP contribution in [0.3, 0.4) is 0 Å². The number of rotatable bonds is 3. The second-order valence-electron chi connectivity index (χ2n) is 7.16. The van der Waals surface area contributed by atoms with Crippen LogP contribution >= 0.6 is 0 Å². The molecule has 1 aromatic heterocycles. The van der Waals surface area contributed by atoms with Gasteiger partial charge >= 0.3 is 0 Å². The minimum absolute atomic E-state index is 0.291. The molecule has 2 fully saturated rings. The predicted octanol–water partition coefficient (Wildman–Crippen LogP) is 2.60. The summed E-state index contributed by atoms with van der Waals surface area (Å²) in [6.07, 6.45) is 3.56. The maximum absolute atomic E-state index is 12.6. The van der Waals surface area contributed by atoms with Gasteiger partial charge in [-0.25, -0.2) is 8.42 Å². The van der Waals surface area contributed by atoms with Crippen molar-refractivity contribution in [2.45, 2.75) is 50.4 Å². The second kappa shape index (κ2) is 5.85. The number of fused-ring (bicyclic) bond motifs is 1. The summed E-state index contributed by atoms with van der Waals surface area (Å²) >= 11 is 0. The molecular weight excluding hydrogens is 322 g/mol. The Morgan fingerprint density at radius 3 is 2.67 bits per heavy atom. The first-order valence-electron chi connectivity index (χ1n) is 8.94. The predicted molar refractivity (Wildman–Crippen MR) is 95.7 cm³/mol. The van der Waals surface area contributed by atoms with Crippen LogP contribution in [0.5, 0.6) is 0 Å². The van der Waals surface area contributed by atoms with Gasteiger partial charge in [-0.2, -0.15) is 5.10 Å². The fraction of sp³-hybridized carbons (Fsp3) is 0.611. The molecule has 2 aliphatic rings. The lowest BCUT2D eigenvalue weighted by molar-refractivity contribution is 0.241. The molecule has 4 rings (SSSR count). The van der Waals surface area contributed by atoms with Gasteiger partial charge in [0.25, 0.3) is 0 Å². The Balaban J connectivity index is 1.58. The van der Waals surface area contributed by atoms with Crippen molar-refractivity contribution in [2.75, 3.05) is 18.8 Å². The van der Waals surface area contributed by atoms with E-state index in [0.717, 1.165) is 56.5 Å². The number of nitrogens with zero attached hydrogens (tertiary/aromatic N) is 3. The number of benzene rings is 1. The van der Waals surface area contributed by atoms with Crippen molar-refractivity contribution in [3.63, 3.8) is 0 Å². The standard InChI is InChI=1S/C18H25N3O2S/c1-2-21-17-7-4-3-6-15(17)16(19-21)14-20-11-10-18(8-5-9-18)24(22,23)13-12-20/h3-4,6-7H,2,5,8-14H2,1H3. The molecule has 0 radical (unpaired) electrons. The van der Waals surface area contributed by atoms with E-state index >= 15 is 0 Å². The van der Waals surface area contributed by atoms with E-state index in [9.17, 15) is 8.42 Å². The number of para-hydroxylation sites is 1. The molecule has 24 heavy (non-hydrogen) atoms. The Hall–Kier alpha value is -1.40. The number of sulfone groups is 1. The Kier molecular flexibility index (Phi) is 3.92. The highest BCUT2D eigenvalue weighted by Gasteiger charge is 2.49. The normalized spacial score (nSPS) is 23.2. The van der Waals surface area contributed by atoms with Gasteiger partial charge in [0.1, 0.15) is 0 Å². The molecule has 2 aromatic rings. The van der Waals surface area contributed by atoms with Gasteiger partial charge in [0.05, 0.1) is 21.7 Å². The van der Waals surface area contributed by atoms with Crippen LogP contribution in [-0.2, 0) is 22.9 Å². The Morgan fingerprint density at radius 1 is 1.17 bits per heavy atom. The number of hydrogen-bond acceptors (Lipinski definition) is 4. The zero-order valence-electron chi connectivity index (χ0n) is 14.2. The first-order valence-corrected chi connectivity index (χ1v) is 10.6. The first-order chi connectivity index (χ1) is 11.5. The highest BCUT2D eigenvalue weighted by atomic mass is 32.2. The van der Waals surface area contributed by atoms with Crippen LogP contribution in [0.2, 0.25) is 0 Å². The van der Waals surface area contributed by atoms with E-state index in [1.54, 1.807) is 0 Å². The molecule has 1 spiro atoms. The van der Waals surface area contributed by atoms with Crippen LogP contribution in [0.4, 0.5) is 0 Å². The molecule has 1 saturated carbocycles. The van der Waals surface area contributed by atoms with Gasteiger partial charge in [-0.3, -0.25) is 9.58 Å². The Bertz CT molecular complexity index is 852. The van der Waals surface area contributed by atoms with Gasteiger partial charge in [0, 0.05) is 31.6 Å². The average Bonchev–Trinajstić information content (AvgIpc) is 2.81. The van der Waals surface area contributed by atoms with Crippen molar-refractivity contribution in [1.82, 2.24) is 14.7 Å². The molecule has 5 nitrogen and oxygen atoms in total. The SMILES string of the molecule is CCn1nc(CN2CCC3(CCC3)S(=O)(=O)CC2)c2ccccc21. The summed E-state index contributed by atoms with van der Waals surface area (Å²) in [6.45, 7) is 5.16. The van der Waals surface area contributed by atoms with Gasteiger partial charge in [-0.15, -0.1) is 0 Å². The molecule has 0 atom stereocenters. The molecule has 0 N–H and O–H groups in total. The van der Waals surface area contributed by atoms with Crippen molar-refractivity contribution in [3.8, 4) is 0 Å². The van der Waals surface area contributed by atoms with E-state index in [-0.39, 0.29) is 0 Å². The van der Waals surface area contributed by atoms with E-state index in [1.165, 1.54) is 5.39 Å². The fourth-order valence-corrected chi connectivity index (χ4v) is 6.40. The largest absolute Gasteiger partial charge is 0.296 e. The summed E-state index contributed by atoms with van der Waals surface area (Å²) in [5.74, 6) is 0.291. The zero-order valence-corrected chi connectivity index (χ0v) is 15.1. The van der Waals surface area contributed by atoms with E-state index in [4.69, 9.17) is 5.10 Å². The van der Waals surface area contributed by atoms with Gasteiger partial charge in [-0.1, -0.05) is 24.6 Å². The number of aromatic nitrogens is 2. The van der Waals surface area contributed by atoms with E-state index in [1.807, 2.05) is 16.8 Å². The minimum atomic E-state index is -2.96. The van der Waals surface area contributed by atoms with E-state index in [0.29, 0.717) is 12.3 Å². The van der Waals surface area contributed by atoms with Crippen LogP contribution < -0.4 is 0 Å². The summed E-state index contributed by atoms with van der Waals surface area (Å²) in [5, 5.41) is 5.95. The van der Waals surface area contributed by atoms with Gasteiger partial charge < -0.3 is 0 Å². The molecule has 1 aliphatic heterocycles. The van der Waals surface area contributed by atoms with E-state index in [2.05, 4.69) is 24.0 Å². The average molecular weight is 347 g/mol. The summed E-state index contributed by atoms with van der Waals surface area (Å²) in [6, 6.07) is 8.31. The Labute approximate surface area is 143 Å². The molecule has 1 aliphatic carbocycles. The number of hydrogen-bond donors (Lipinski definition) is 0. The lowest BCUT2D eigenvalue weighted by Gasteiger charge is -2.40. The van der Waals surface area contributed by atoms with Crippen LogP contribution in [0.1, 0.15) is 38.3 Å². The number of aryl methyl sites for hydroxylation is 1. The van der Waals surface area contributed by atoms with Crippen LogP contribution in [-0.4, -0.2) is 46.7 Å². The minimum Gasteiger partial charge on any atom is -0.296 e. The zero-order chi connectivity index (χ0) is 16.8. The summed E-state index contributed by atoms with van der Waals surface area (Å²) in [4.78, 5) is 2.28. The lowest BCUT2D eigenvalue weighted by Crippen LogP contribution is -2.46. The smallest absolute Gasteiger partial charge is 0.157 e. The summed E-state index contributed by atoms with van der Waals surface area (Å²) < 4.78 is 26.9. The maximum atomic E-state index is 12.6. The third-order valence-electron chi connectivity index (χ3n) is 5.89. The molecule has 2 heterocycles. The van der Waals surface area contributed by atoms with Crippen molar-refractivity contribution < 1.29 is 8.42 Å². The maximum Gasteiger partial charge on any atom is 0.157 e. The van der Waals surface area contributed by atoms with E-state index < -0.39 is 14.6 Å². The highest BCUT2D eigenvalue weighted by Crippen LogP contribution is 2.44. The third-order valence-corrected chi connectivity index (χ3v) is 8.54. The third kappa shape index (κ3) is 2.47. The van der Waals surface area contributed by atoms with Crippen molar-refractivity contribution in [1.29, 1.82) is 0 Å². The molecule has 0 amide bonds. The highest BCUT2D eigenvalue weighted by molar-refractivity contribution is 7.92. The molecule has 130 valence electrons. The summed E-state index contributed by atoms with van der Waals surface area (Å²) in [5.41, 5.74) is 2.22. The lowest BCUT2D eigenvalue weighted by atomic mass is 9.81. The molecule has 0 unspecified atom stereocenters. The topological polar surface area (TPSA) is 55.2 Å². The first kappa shape index (κ1) is 16.1. The van der Waals surface area contributed by atoms with Crippen molar-refractivity contribution in [2.24, 2.45) is 0 Å². The summed E-state index contributed by atoms with van der Waals surface area (Å²) in [7, 11) is -2.96. The van der Waals surface area contributed by atoms with Crippen molar-refractivity contribution >= 4 is 20.7 Å². The fourth-order valence-electron chi connectivity index (χ4n) is 4.15.